The van der Waals surface area contributed by atoms with Gasteiger partial charge in [0.25, 0.3) is 10.0 Å². The molecule has 0 heterocycles. The van der Waals surface area contributed by atoms with Gasteiger partial charge >= 0.3 is 0 Å². The minimum Gasteiger partial charge on any atom is -0.290 e. The molecule has 0 amide bonds. The van der Waals surface area contributed by atoms with Crippen molar-refractivity contribution in [1.29, 1.82) is 0 Å². The third-order valence-electron chi connectivity index (χ3n) is 1.64. The highest BCUT2D eigenvalue weighted by atomic mass is 32.2. The number of sulfonamides is 2. The summed E-state index contributed by atoms with van der Waals surface area (Å²) >= 11 is 0. The highest BCUT2D eigenvalue weighted by molar-refractivity contribution is 7.90. The van der Waals surface area contributed by atoms with Crippen molar-refractivity contribution in [2.45, 2.75) is 9.79 Å². The van der Waals surface area contributed by atoms with Crippen molar-refractivity contribution in [3.63, 3.8) is 0 Å². The van der Waals surface area contributed by atoms with E-state index in [4.69, 9.17) is 5.14 Å². The minimum absolute atomic E-state index is 0.249. The molecule has 9 heteroatoms. The molecule has 0 fully saturated rings. The van der Waals surface area contributed by atoms with Crippen LogP contribution < -0.4 is 10.0 Å². The quantitative estimate of drug-likeness (QED) is 0.690. The lowest BCUT2D eigenvalue weighted by Crippen LogP contribution is -2.23. The fraction of sp³-hybridized carbons (Fsp3) is 0.143. The average molecular weight is 266 g/mol. The lowest BCUT2D eigenvalue weighted by Gasteiger charge is -2.05. The van der Waals surface area contributed by atoms with Gasteiger partial charge in [0.15, 0.2) is 0 Å². The largest absolute Gasteiger partial charge is 0.290 e. The summed E-state index contributed by atoms with van der Waals surface area (Å²) in [6.07, 6.45) is 0. The molecule has 0 aliphatic rings. The Balaban J connectivity index is 3.29. The van der Waals surface area contributed by atoms with Crippen molar-refractivity contribution in [3.05, 3.63) is 24.3 Å². The van der Waals surface area contributed by atoms with Gasteiger partial charge in [-0.15, -0.1) is 0 Å². The van der Waals surface area contributed by atoms with Crippen molar-refractivity contribution < 1.29 is 21.7 Å². The Hall–Kier alpha value is -1.00. The molecule has 1 aromatic carbocycles. The number of benzene rings is 1. The zero-order valence-electron chi connectivity index (χ0n) is 8.24. The normalized spacial score (nSPS) is 12.6. The van der Waals surface area contributed by atoms with Crippen LogP contribution in [0.4, 0.5) is 0 Å². The van der Waals surface area contributed by atoms with E-state index in [0.717, 1.165) is 13.2 Å². The molecular formula is C7H10N2O5S2. The number of nitrogens with two attached hydrogens (primary N) is 1. The lowest BCUT2D eigenvalue weighted by atomic mass is 10.4. The van der Waals surface area contributed by atoms with Crippen LogP contribution in [0.15, 0.2) is 34.1 Å². The SMILES string of the molecule is CONS(=O)(=O)c1cccc(S(N)(=O)=O)c1. The molecule has 0 aliphatic heterocycles. The van der Waals surface area contributed by atoms with Gasteiger partial charge in [-0.25, -0.2) is 22.0 Å². The Kier molecular flexibility index (Phi) is 3.65. The summed E-state index contributed by atoms with van der Waals surface area (Å²) in [5.74, 6) is 0. The van der Waals surface area contributed by atoms with E-state index in [1.165, 1.54) is 18.2 Å². The molecule has 3 N–H and O–H groups in total. The van der Waals surface area contributed by atoms with E-state index in [9.17, 15) is 16.8 Å². The number of hydrogen-bond donors (Lipinski definition) is 2. The van der Waals surface area contributed by atoms with E-state index in [1.807, 2.05) is 0 Å². The van der Waals surface area contributed by atoms with Crippen LogP contribution in [0, 0.1) is 0 Å². The van der Waals surface area contributed by atoms with Crippen molar-refractivity contribution in [3.8, 4) is 0 Å². The molecule has 0 aliphatic carbocycles. The van der Waals surface area contributed by atoms with Gasteiger partial charge in [0.1, 0.15) is 0 Å². The molecule has 0 saturated carbocycles. The van der Waals surface area contributed by atoms with E-state index in [0.29, 0.717) is 0 Å². The van der Waals surface area contributed by atoms with E-state index >= 15 is 0 Å². The zero-order valence-corrected chi connectivity index (χ0v) is 9.88. The third kappa shape index (κ3) is 3.00. The van der Waals surface area contributed by atoms with Gasteiger partial charge in [-0.05, 0) is 18.2 Å². The molecule has 0 unspecified atom stereocenters. The second-order valence-electron chi connectivity index (χ2n) is 2.81. The highest BCUT2D eigenvalue weighted by Gasteiger charge is 2.16. The van der Waals surface area contributed by atoms with Crippen LogP contribution in [0.3, 0.4) is 0 Å². The number of hydrogen-bond acceptors (Lipinski definition) is 5. The first-order chi connectivity index (χ1) is 7.27. The lowest BCUT2D eigenvalue weighted by molar-refractivity contribution is 0.153. The summed E-state index contributed by atoms with van der Waals surface area (Å²) < 4.78 is 44.9. The van der Waals surface area contributed by atoms with Gasteiger partial charge in [-0.2, -0.15) is 0 Å². The Bertz CT molecular complexity index is 579. The maximum atomic E-state index is 11.4. The van der Waals surface area contributed by atoms with Crippen LogP contribution in [-0.2, 0) is 24.9 Å². The van der Waals surface area contributed by atoms with Crippen molar-refractivity contribution in [2.24, 2.45) is 5.14 Å². The Morgan fingerprint density at radius 1 is 1.19 bits per heavy atom. The second kappa shape index (κ2) is 4.47. The minimum atomic E-state index is -3.93. The van der Waals surface area contributed by atoms with Gasteiger partial charge in [0.05, 0.1) is 16.9 Å². The number of nitrogens with one attached hydrogen (secondary N) is 1. The summed E-state index contributed by atoms with van der Waals surface area (Å²) in [5, 5.41) is 4.87. The number of rotatable bonds is 4. The zero-order chi connectivity index (χ0) is 12.4. The third-order valence-corrected chi connectivity index (χ3v) is 3.81. The first-order valence-corrected chi connectivity index (χ1v) is 6.98. The molecular weight excluding hydrogens is 256 g/mol. The van der Waals surface area contributed by atoms with Gasteiger partial charge < -0.3 is 0 Å². The summed E-state index contributed by atoms with van der Waals surface area (Å²) in [7, 11) is -6.69. The van der Waals surface area contributed by atoms with E-state index in [-0.39, 0.29) is 9.79 Å². The molecule has 7 nitrogen and oxygen atoms in total. The van der Waals surface area contributed by atoms with Gasteiger partial charge in [0, 0.05) is 0 Å². The molecule has 0 saturated heterocycles. The van der Waals surface area contributed by atoms with Crippen LogP contribution in [0.2, 0.25) is 0 Å². The van der Waals surface area contributed by atoms with Crippen molar-refractivity contribution in [1.82, 2.24) is 4.89 Å². The van der Waals surface area contributed by atoms with Gasteiger partial charge in [0.2, 0.25) is 10.0 Å². The molecule has 1 aromatic rings. The smallest absolute Gasteiger partial charge is 0.262 e. The summed E-state index contributed by atoms with van der Waals surface area (Å²) in [6, 6.07) is 4.62. The molecule has 16 heavy (non-hydrogen) atoms. The molecule has 1 rings (SSSR count). The van der Waals surface area contributed by atoms with Crippen LogP contribution >= 0.6 is 0 Å². The predicted octanol–water partition coefficient (Wildman–Crippen LogP) is -0.826. The predicted molar refractivity (Wildman–Crippen MR) is 55.1 cm³/mol. The summed E-state index contributed by atoms with van der Waals surface area (Å²) in [6.45, 7) is 0. The first kappa shape index (κ1) is 13.1. The van der Waals surface area contributed by atoms with Crippen LogP contribution in [0.5, 0.6) is 0 Å². The van der Waals surface area contributed by atoms with Crippen molar-refractivity contribution >= 4 is 20.0 Å². The van der Waals surface area contributed by atoms with Gasteiger partial charge in [-0.3, -0.25) is 4.84 Å². The summed E-state index contributed by atoms with van der Waals surface area (Å²) in [4.78, 5) is 5.49. The van der Waals surface area contributed by atoms with E-state index in [2.05, 4.69) is 4.84 Å². The maximum Gasteiger partial charge on any atom is 0.262 e. The topological polar surface area (TPSA) is 116 Å². The Morgan fingerprint density at radius 2 is 1.75 bits per heavy atom. The maximum absolute atomic E-state index is 11.4. The fourth-order valence-corrected chi connectivity index (χ4v) is 2.47. The Labute approximate surface area is 93.3 Å². The monoisotopic (exact) mass is 266 g/mol. The Morgan fingerprint density at radius 3 is 2.25 bits per heavy atom. The standard InChI is InChI=1S/C7H10N2O5S2/c1-14-9-16(12,13)7-4-2-3-6(5-7)15(8,10)11/h2-5,9H,1H3,(H2,8,10,11). The first-order valence-electron chi connectivity index (χ1n) is 3.95. The van der Waals surface area contributed by atoms with Crippen LogP contribution in [-0.4, -0.2) is 23.9 Å². The highest BCUT2D eigenvalue weighted by Crippen LogP contribution is 2.14. The molecule has 0 atom stereocenters. The molecule has 0 aromatic heterocycles. The van der Waals surface area contributed by atoms with Crippen LogP contribution in [0.1, 0.15) is 0 Å². The molecule has 0 bridgehead atoms. The molecule has 90 valence electrons. The number of primary sulfonamides is 1. The van der Waals surface area contributed by atoms with E-state index < -0.39 is 20.0 Å². The molecule has 0 spiro atoms. The van der Waals surface area contributed by atoms with Gasteiger partial charge in [-0.1, -0.05) is 11.0 Å². The van der Waals surface area contributed by atoms with Crippen LogP contribution in [0.25, 0.3) is 0 Å². The second-order valence-corrected chi connectivity index (χ2v) is 6.02. The average Bonchev–Trinajstić information content (AvgIpc) is 2.16. The summed E-state index contributed by atoms with van der Waals surface area (Å²) in [5.41, 5.74) is 0. The van der Waals surface area contributed by atoms with E-state index in [1.54, 1.807) is 4.89 Å². The molecule has 0 radical (unpaired) electrons. The fourth-order valence-electron chi connectivity index (χ4n) is 0.976. The van der Waals surface area contributed by atoms with Crippen molar-refractivity contribution in [2.75, 3.05) is 7.11 Å².